The lowest BCUT2D eigenvalue weighted by molar-refractivity contribution is 0.0134. The zero-order valence-electron chi connectivity index (χ0n) is 12.0. The number of aliphatic hydroxyl groups excluding tert-OH is 1. The van der Waals surface area contributed by atoms with Gasteiger partial charge in [-0.2, -0.15) is 5.26 Å². The van der Waals surface area contributed by atoms with Crippen LogP contribution in [0, 0.1) is 16.7 Å². The number of hydrogen-bond acceptors (Lipinski definition) is 4. The monoisotopic (exact) mass is 253 g/mol. The van der Waals surface area contributed by atoms with Gasteiger partial charge in [-0.25, -0.2) is 0 Å². The zero-order valence-corrected chi connectivity index (χ0v) is 12.0. The summed E-state index contributed by atoms with van der Waals surface area (Å²) in [5.74, 6) is 0. The topological polar surface area (TPSA) is 50.5 Å². The van der Waals surface area contributed by atoms with E-state index in [4.69, 9.17) is 5.26 Å². The molecule has 0 spiro atoms. The van der Waals surface area contributed by atoms with E-state index in [1.165, 1.54) is 0 Å². The summed E-state index contributed by atoms with van der Waals surface area (Å²) in [6, 6.07) is 2.19. The molecule has 0 aromatic carbocycles. The Balaban J connectivity index is 2.21. The minimum Gasteiger partial charge on any atom is -0.391 e. The van der Waals surface area contributed by atoms with Crippen LogP contribution in [0.2, 0.25) is 0 Å². The second kappa shape index (κ2) is 7.08. The predicted molar refractivity (Wildman–Crippen MR) is 73.2 cm³/mol. The largest absolute Gasteiger partial charge is 0.391 e. The Hall–Kier alpha value is -0.630. The highest BCUT2D eigenvalue weighted by Gasteiger charge is 2.26. The van der Waals surface area contributed by atoms with Gasteiger partial charge in [-0.3, -0.25) is 4.90 Å². The second-order valence-electron chi connectivity index (χ2n) is 6.29. The van der Waals surface area contributed by atoms with Crippen molar-refractivity contribution in [2.24, 2.45) is 5.41 Å². The molecule has 0 aromatic heterocycles. The summed E-state index contributed by atoms with van der Waals surface area (Å²) in [4.78, 5) is 4.76. The Morgan fingerprint density at radius 2 is 1.72 bits per heavy atom. The maximum Gasteiger partial charge on any atom is 0.0715 e. The van der Waals surface area contributed by atoms with Crippen LogP contribution < -0.4 is 0 Å². The minimum atomic E-state index is -0.261. The van der Waals surface area contributed by atoms with Crippen molar-refractivity contribution in [2.45, 2.75) is 39.7 Å². The third-order valence-corrected chi connectivity index (χ3v) is 3.66. The van der Waals surface area contributed by atoms with E-state index in [0.717, 1.165) is 45.7 Å². The smallest absolute Gasteiger partial charge is 0.0715 e. The van der Waals surface area contributed by atoms with Gasteiger partial charge in [0, 0.05) is 39.1 Å². The number of nitrogens with zero attached hydrogens (tertiary/aromatic N) is 3. The highest BCUT2D eigenvalue weighted by atomic mass is 16.3. The molecule has 4 heteroatoms. The summed E-state index contributed by atoms with van der Waals surface area (Å²) < 4.78 is 0. The molecule has 1 aliphatic heterocycles. The third kappa shape index (κ3) is 5.34. The highest BCUT2D eigenvalue weighted by molar-refractivity contribution is 4.80. The lowest BCUT2D eigenvalue weighted by Gasteiger charge is -2.37. The van der Waals surface area contributed by atoms with Gasteiger partial charge in [0.05, 0.1) is 12.2 Å². The van der Waals surface area contributed by atoms with Gasteiger partial charge < -0.3 is 10.0 Å². The first-order chi connectivity index (χ1) is 8.43. The average molecular weight is 253 g/mol. The molecule has 0 unspecified atom stereocenters. The van der Waals surface area contributed by atoms with E-state index >= 15 is 0 Å². The van der Waals surface area contributed by atoms with Crippen LogP contribution >= 0.6 is 0 Å². The molecule has 0 aliphatic carbocycles. The molecule has 1 fully saturated rings. The summed E-state index contributed by atoms with van der Waals surface area (Å²) in [5.41, 5.74) is -0.0378. The zero-order chi connectivity index (χ0) is 13.6. The fourth-order valence-electron chi connectivity index (χ4n) is 2.10. The maximum absolute atomic E-state index is 10.1. The third-order valence-electron chi connectivity index (χ3n) is 3.66. The Morgan fingerprint density at radius 3 is 2.22 bits per heavy atom. The van der Waals surface area contributed by atoms with Gasteiger partial charge in [-0.1, -0.05) is 20.8 Å². The van der Waals surface area contributed by atoms with E-state index in [0.29, 0.717) is 6.42 Å². The number of piperazine rings is 1. The summed E-state index contributed by atoms with van der Waals surface area (Å²) in [6.45, 7) is 12.2. The van der Waals surface area contributed by atoms with Crippen molar-refractivity contribution in [3.63, 3.8) is 0 Å². The molecule has 18 heavy (non-hydrogen) atoms. The molecular formula is C14H27N3O. The van der Waals surface area contributed by atoms with Crippen molar-refractivity contribution in [2.75, 3.05) is 39.3 Å². The van der Waals surface area contributed by atoms with Crippen LogP contribution in [0.25, 0.3) is 0 Å². The molecule has 1 rings (SSSR count). The highest BCUT2D eigenvalue weighted by Crippen LogP contribution is 2.20. The van der Waals surface area contributed by atoms with Crippen molar-refractivity contribution >= 4 is 0 Å². The average Bonchev–Trinajstić information content (AvgIpc) is 2.30. The first-order valence-electron chi connectivity index (χ1n) is 6.93. The summed E-state index contributed by atoms with van der Waals surface area (Å²) >= 11 is 0. The number of unbranched alkanes of at least 4 members (excludes halogenated alkanes) is 1. The number of nitriles is 1. The fraction of sp³-hybridized carbons (Fsp3) is 0.929. The molecule has 1 aliphatic rings. The quantitative estimate of drug-likeness (QED) is 0.751. The molecule has 1 N–H and O–H groups in total. The molecule has 0 aromatic rings. The van der Waals surface area contributed by atoms with Crippen molar-refractivity contribution in [1.29, 1.82) is 5.26 Å². The molecule has 1 heterocycles. The second-order valence-corrected chi connectivity index (χ2v) is 6.29. The molecular weight excluding hydrogens is 226 g/mol. The van der Waals surface area contributed by atoms with E-state index in [1.54, 1.807) is 0 Å². The standard InChI is InChI=1S/C14H27N3O/c1-14(2,3)13(18)12-17-10-8-16(9-11-17)7-5-4-6-15/h13,18H,4-5,7-12H2,1-3H3/t13-/m1/s1. The predicted octanol–water partition coefficient (Wildman–Crippen LogP) is 1.31. The van der Waals surface area contributed by atoms with Gasteiger partial charge in [0.1, 0.15) is 0 Å². The van der Waals surface area contributed by atoms with E-state index < -0.39 is 0 Å². The van der Waals surface area contributed by atoms with Gasteiger partial charge in [0.2, 0.25) is 0 Å². The lowest BCUT2D eigenvalue weighted by Crippen LogP contribution is -2.50. The van der Waals surface area contributed by atoms with Crippen LogP contribution in [0.4, 0.5) is 0 Å². The molecule has 1 atom stereocenters. The number of aliphatic hydroxyl groups is 1. The normalized spacial score (nSPS) is 20.6. The Labute approximate surface area is 111 Å². The van der Waals surface area contributed by atoms with E-state index in [1.807, 2.05) is 0 Å². The molecule has 0 saturated carbocycles. The Kier molecular flexibility index (Phi) is 6.07. The molecule has 0 radical (unpaired) electrons. The fourth-order valence-corrected chi connectivity index (χ4v) is 2.10. The number of rotatable bonds is 5. The van der Waals surface area contributed by atoms with Gasteiger partial charge in [0.25, 0.3) is 0 Å². The summed E-state index contributed by atoms with van der Waals surface area (Å²) in [5, 5.41) is 18.6. The maximum atomic E-state index is 10.1. The molecule has 1 saturated heterocycles. The van der Waals surface area contributed by atoms with Crippen LogP contribution in [-0.4, -0.2) is 60.3 Å². The van der Waals surface area contributed by atoms with Crippen LogP contribution in [0.3, 0.4) is 0 Å². The van der Waals surface area contributed by atoms with Gasteiger partial charge in [0.15, 0.2) is 0 Å². The van der Waals surface area contributed by atoms with E-state index in [9.17, 15) is 5.11 Å². The van der Waals surface area contributed by atoms with Crippen molar-refractivity contribution < 1.29 is 5.11 Å². The van der Waals surface area contributed by atoms with Crippen LogP contribution in [0.5, 0.6) is 0 Å². The van der Waals surface area contributed by atoms with E-state index in [-0.39, 0.29) is 11.5 Å². The van der Waals surface area contributed by atoms with Gasteiger partial charge in [-0.05, 0) is 18.4 Å². The summed E-state index contributed by atoms with van der Waals surface area (Å²) in [7, 11) is 0. The number of β-amino-alcohol motifs (C(OH)–C–C–N with tert-alkyl or cyclic N) is 1. The van der Waals surface area contributed by atoms with Crippen molar-refractivity contribution in [3.8, 4) is 6.07 Å². The van der Waals surface area contributed by atoms with Gasteiger partial charge in [-0.15, -0.1) is 0 Å². The van der Waals surface area contributed by atoms with Crippen LogP contribution in [0.1, 0.15) is 33.6 Å². The first-order valence-corrected chi connectivity index (χ1v) is 6.93. The molecule has 4 nitrogen and oxygen atoms in total. The Morgan fingerprint density at radius 1 is 1.17 bits per heavy atom. The van der Waals surface area contributed by atoms with E-state index in [2.05, 4.69) is 36.6 Å². The SMILES string of the molecule is CC(C)(C)[C@H](O)CN1CCN(CCCC#N)CC1. The van der Waals surface area contributed by atoms with Gasteiger partial charge >= 0.3 is 0 Å². The first kappa shape index (κ1) is 15.4. The molecule has 0 bridgehead atoms. The minimum absolute atomic E-state index is 0.0378. The number of hydrogen-bond donors (Lipinski definition) is 1. The Bertz CT molecular complexity index is 272. The lowest BCUT2D eigenvalue weighted by atomic mass is 9.89. The van der Waals surface area contributed by atoms with Crippen molar-refractivity contribution in [1.82, 2.24) is 9.80 Å². The van der Waals surface area contributed by atoms with Crippen molar-refractivity contribution in [3.05, 3.63) is 0 Å². The molecule has 104 valence electrons. The van der Waals surface area contributed by atoms with Crippen LogP contribution in [0.15, 0.2) is 0 Å². The summed E-state index contributed by atoms with van der Waals surface area (Å²) in [6.07, 6.45) is 1.37. The molecule has 0 amide bonds. The van der Waals surface area contributed by atoms with Crippen LogP contribution in [-0.2, 0) is 0 Å².